The minimum Gasteiger partial charge on any atom is -0.481 e. The van der Waals surface area contributed by atoms with Gasteiger partial charge in [-0.25, -0.2) is 9.78 Å². The molecular weight excluding hydrogens is 346 g/mol. The second-order valence-corrected chi connectivity index (χ2v) is 8.36. The summed E-state index contributed by atoms with van der Waals surface area (Å²) in [4.78, 5) is 29.0. The number of thiazole rings is 1. The van der Waals surface area contributed by atoms with Crippen LogP contribution in [0.5, 0.6) is 0 Å². The number of thioether (sulfide) groups is 1. The first-order valence-electron chi connectivity index (χ1n) is 8.28. The molecule has 1 aromatic heterocycles. The van der Waals surface area contributed by atoms with Gasteiger partial charge in [0, 0.05) is 18.8 Å². The molecule has 0 atom stereocenters. The molecule has 0 fully saturated rings. The number of aliphatic carboxylic acids is 1. The quantitative estimate of drug-likeness (QED) is 0.562. The fourth-order valence-electron chi connectivity index (χ4n) is 1.87. The highest BCUT2D eigenvalue weighted by molar-refractivity contribution is 8.01. The molecule has 0 aliphatic heterocycles. The number of urea groups is 1. The molecular formula is C16H27N3O3S2. The highest BCUT2D eigenvalue weighted by Crippen LogP contribution is 2.28. The Bertz CT molecular complexity index is 520. The van der Waals surface area contributed by atoms with Gasteiger partial charge in [-0.05, 0) is 18.8 Å². The average Bonchev–Trinajstić information content (AvgIpc) is 2.94. The Kier molecular flexibility index (Phi) is 9.78. The largest absolute Gasteiger partial charge is 0.481 e. The third-order valence-corrected chi connectivity index (χ3v) is 5.41. The van der Waals surface area contributed by atoms with Gasteiger partial charge in [-0.3, -0.25) is 10.1 Å². The van der Waals surface area contributed by atoms with Crippen LogP contribution in [0.3, 0.4) is 0 Å². The first-order valence-corrected chi connectivity index (χ1v) is 10.1. The van der Waals surface area contributed by atoms with E-state index in [0.29, 0.717) is 16.8 Å². The molecule has 24 heavy (non-hydrogen) atoms. The number of hydrogen-bond donors (Lipinski definition) is 2. The monoisotopic (exact) mass is 373 g/mol. The van der Waals surface area contributed by atoms with Gasteiger partial charge in [-0.2, -0.15) is 0 Å². The van der Waals surface area contributed by atoms with E-state index in [4.69, 9.17) is 5.11 Å². The second kappa shape index (κ2) is 11.3. The SMILES string of the molecule is CCCCN(CCC(C)C)C(=O)Nc1ncc(SCCC(=O)O)s1. The molecule has 6 nitrogen and oxygen atoms in total. The van der Waals surface area contributed by atoms with Gasteiger partial charge in [0.2, 0.25) is 0 Å². The summed E-state index contributed by atoms with van der Waals surface area (Å²) in [7, 11) is 0. The van der Waals surface area contributed by atoms with E-state index in [1.165, 1.54) is 23.1 Å². The van der Waals surface area contributed by atoms with E-state index >= 15 is 0 Å². The van der Waals surface area contributed by atoms with Gasteiger partial charge in [0.25, 0.3) is 0 Å². The summed E-state index contributed by atoms with van der Waals surface area (Å²) in [6.45, 7) is 7.91. The van der Waals surface area contributed by atoms with Crippen molar-refractivity contribution < 1.29 is 14.7 Å². The molecule has 0 unspecified atom stereocenters. The van der Waals surface area contributed by atoms with E-state index in [-0.39, 0.29) is 12.5 Å². The van der Waals surface area contributed by atoms with Crippen molar-refractivity contribution in [2.75, 3.05) is 24.2 Å². The van der Waals surface area contributed by atoms with Crippen LogP contribution in [-0.4, -0.2) is 45.8 Å². The normalized spacial score (nSPS) is 10.8. The number of carbonyl (C=O) groups is 2. The zero-order chi connectivity index (χ0) is 17.9. The van der Waals surface area contributed by atoms with Crippen LogP contribution < -0.4 is 5.32 Å². The molecule has 2 amide bonds. The van der Waals surface area contributed by atoms with E-state index in [9.17, 15) is 9.59 Å². The smallest absolute Gasteiger partial charge is 0.323 e. The number of amides is 2. The third kappa shape index (κ3) is 8.54. The minimum atomic E-state index is -0.808. The number of nitrogens with zero attached hydrogens (tertiary/aromatic N) is 2. The van der Waals surface area contributed by atoms with Crippen LogP contribution >= 0.6 is 23.1 Å². The van der Waals surface area contributed by atoms with Gasteiger partial charge in [0.15, 0.2) is 5.13 Å². The zero-order valence-electron chi connectivity index (χ0n) is 14.6. The zero-order valence-corrected chi connectivity index (χ0v) is 16.2. The maximum absolute atomic E-state index is 12.4. The number of carboxylic acids is 1. The second-order valence-electron chi connectivity index (χ2n) is 5.93. The van der Waals surface area contributed by atoms with Crippen LogP contribution in [0.15, 0.2) is 10.4 Å². The van der Waals surface area contributed by atoms with Crippen LogP contribution in [0.1, 0.15) is 46.5 Å². The molecule has 0 saturated heterocycles. The number of carboxylic acid groups (broad SMARTS) is 1. The fraction of sp³-hybridized carbons (Fsp3) is 0.688. The molecule has 0 saturated carbocycles. The van der Waals surface area contributed by atoms with Crippen LogP contribution in [0.2, 0.25) is 0 Å². The summed E-state index contributed by atoms with van der Waals surface area (Å²) >= 11 is 2.82. The van der Waals surface area contributed by atoms with Gasteiger partial charge < -0.3 is 10.0 Å². The van der Waals surface area contributed by atoms with E-state index in [1.807, 2.05) is 4.90 Å². The van der Waals surface area contributed by atoms with Crippen molar-refractivity contribution in [2.45, 2.75) is 50.7 Å². The molecule has 0 spiro atoms. The van der Waals surface area contributed by atoms with Crippen molar-refractivity contribution in [3.05, 3.63) is 6.20 Å². The summed E-state index contributed by atoms with van der Waals surface area (Å²) < 4.78 is 0.911. The van der Waals surface area contributed by atoms with Crippen LogP contribution in [0.25, 0.3) is 0 Å². The Morgan fingerprint density at radius 1 is 1.42 bits per heavy atom. The lowest BCUT2D eigenvalue weighted by molar-refractivity contribution is -0.136. The highest BCUT2D eigenvalue weighted by Gasteiger charge is 2.15. The number of anilines is 1. The Morgan fingerprint density at radius 2 is 2.17 bits per heavy atom. The number of rotatable bonds is 11. The Balaban J connectivity index is 2.52. The van der Waals surface area contributed by atoms with Gasteiger partial charge in [-0.15, -0.1) is 11.8 Å². The predicted molar refractivity (Wildman–Crippen MR) is 100 cm³/mol. The first-order chi connectivity index (χ1) is 11.4. The summed E-state index contributed by atoms with van der Waals surface area (Å²) in [6, 6.07) is -0.111. The van der Waals surface area contributed by atoms with Gasteiger partial charge in [0.05, 0.1) is 16.8 Å². The molecule has 0 bridgehead atoms. The summed E-state index contributed by atoms with van der Waals surface area (Å²) in [5.74, 6) is 0.248. The summed E-state index contributed by atoms with van der Waals surface area (Å²) in [5.41, 5.74) is 0. The first kappa shape index (κ1) is 20.8. The molecule has 1 aromatic rings. The third-order valence-electron chi connectivity index (χ3n) is 3.30. The standard InChI is InChI=1S/C16H27N3O3S2/c1-4-5-8-19(9-6-12(2)3)16(22)18-15-17-11-14(24-15)23-10-7-13(20)21/h11-12H,4-10H2,1-3H3,(H,20,21)(H,17,18,22). The molecule has 0 aliphatic carbocycles. The number of aromatic nitrogens is 1. The molecule has 1 rings (SSSR count). The van der Waals surface area contributed by atoms with Crippen molar-refractivity contribution in [1.82, 2.24) is 9.88 Å². The van der Waals surface area contributed by atoms with Gasteiger partial charge in [-0.1, -0.05) is 38.5 Å². The van der Waals surface area contributed by atoms with Crippen molar-refractivity contribution >= 4 is 40.2 Å². The maximum Gasteiger partial charge on any atom is 0.323 e. The minimum absolute atomic E-state index is 0.111. The lowest BCUT2D eigenvalue weighted by Gasteiger charge is -2.23. The van der Waals surface area contributed by atoms with Crippen LogP contribution in [0, 0.1) is 5.92 Å². The maximum atomic E-state index is 12.4. The van der Waals surface area contributed by atoms with E-state index < -0.39 is 5.97 Å². The molecule has 0 aliphatic rings. The Hall–Kier alpha value is -1.28. The van der Waals surface area contributed by atoms with E-state index in [2.05, 4.69) is 31.1 Å². The average molecular weight is 374 g/mol. The van der Waals surface area contributed by atoms with Gasteiger partial charge in [0.1, 0.15) is 0 Å². The lowest BCUT2D eigenvalue weighted by Crippen LogP contribution is -2.37. The Morgan fingerprint density at radius 3 is 2.79 bits per heavy atom. The predicted octanol–water partition coefficient (Wildman–Crippen LogP) is 4.39. The topological polar surface area (TPSA) is 82.5 Å². The summed E-state index contributed by atoms with van der Waals surface area (Å²) in [6.07, 6.45) is 4.81. The summed E-state index contributed by atoms with van der Waals surface area (Å²) in [5, 5.41) is 12.1. The van der Waals surface area contributed by atoms with Gasteiger partial charge >= 0.3 is 12.0 Å². The number of hydrogen-bond acceptors (Lipinski definition) is 5. The highest BCUT2D eigenvalue weighted by atomic mass is 32.2. The lowest BCUT2D eigenvalue weighted by atomic mass is 10.1. The van der Waals surface area contributed by atoms with E-state index in [1.54, 1.807) is 6.20 Å². The number of carbonyl (C=O) groups excluding carboxylic acids is 1. The van der Waals surface area contributed by atoms with Crippen molar-refractivity contribution in [1.29, 1.82) is 0 Å². The van der Waals surface area contributed by atoms with Crippen molar-refractivity contribution in [3.8, 4) is 0 Å². The van der Waals surface area contributed by atoms with Crippen LogP contribution in [0.4, 0.5) is 9.93 Å². The molecule has 2 N–H and O–H groups in total. The van der Waals surface area contributed by atoms with Crippen molar-refractivity contribution in [2.24, 2.45) is 5.92 Å². The molecule has 136 valence electrons. The molecule has 0 aromatic carbocycles. The number of nitrogens with one attached hydrogen (secondary N) is 1. The van der Waals surface area contributed by atoms with Crippen LogP contribution in [-0.2, 0) is 4.79 Å². The number of unbranched alkanes of at least 4 members (excludes halogenated alkanes) is 1. The van der Waals surface area contributed by atoms with Crippen molar-refractivity contribution in [3.63, 3.8) is 0 Å². The fourth-order valence-corrected chi connectivity index (χ4v) is 3.74. The Labute approximate surface area is 152 Å². The molecule has 1 heterocycles. The van der Waals surface area contributed by atoms with E-state index in [0.717, 1.165) is 36.6 Å². The molecule has 0 radical (unpaired) electrons. The molecule has 8 heteroatoms.